The van der Waals surface area contributed by atoms with Gasteiger partial charge in [-0.1, -0.05) is 36.4 Å². The van der Waals surface area contributed by atoms with Crippen LogP contribution in [-0.4, -0.2) is 19.6 Å². The van der Waals surface area contributed by atoms with Gasteiger partial charge in [0.15, 0.2) is 5.82 Å². The summed E-state index contributed by atoms with van der Waals surface area (Å²) in [6.45, 7) is 0.174. The van der Waals surface area contributed by atoms with Crippen molar-refractivity contribution in [2.45, 2.75) is 25.4 Å². The largest absolute Gasteiger partial charge is 0.487 e. The Bertz CT molecular complexity index is 1300. The van der Waals surface area contributed by atoms with Gasteiger partial charge >= 0.3 is 0 Å². The molecule has 1 aliphatic rings. The molecule has 0 atom stereocenters. The summed E-state index contributed by atoms with van der Waals surface area (Å²) in [5.41, 5.74) is 2.77. The number of aromatic amines is 1. The van der Waals surface area contributed by atoms with Crippen molar-refractivity contribution in [2.75, 3.05) is 0 Å². The molecule has 29 heavy (non-hydrogen) atoms. The van der Waals surface area contributed by atoms with Gasteiger partial charge in [-0.3, -0.25) is 4.79 Å². The molecule has 2 heterocycles. The van der Waals surface area contributed by atoms with Crippen LogP contribution in [0.5, 0.6) is 5.75 Å². The number of nitrogens with zero attached hydrogens (tertiary/aromatic N) is 4. The molecule has 2 aromatic heterocycles. The summed E-state index contributed by atoms with van der Waals surface area (Å²) in [5, 5.41) is 13.7. The Morgan fingerprint density at radius 2 is 2.00 bits per heavy atom. The predicted octanol–water partition coefficient (Wildman–Crippen LogP) is 3.41. The number of H-pyrrole nitrogens is 1. The highest BCUT2D eigenvalue weighted by Gasteiger charge is 2.29. The smallest absolute Gasteiger partial charge is 0.276 e. The number of nitriles is 1. The van der Waals surface area contributed by atoms with Gasteiger partial charge in [0.1, 0.15) is 12.4 Å². The Hall–Kier alpha value is -3.92. The number of rotatable bonds is 5. The average Bonchev–Trinajstić information content (AvgIpc) is 3.50. The molecular weight excluding hydrogens is 366 g/mol. The first-order valence-electron chi connectivity index (χ1n) is 9.43. The van der Waals surface area contributed by atoms with Gasteiger partial charge in [-0.2, -0.15) is 14.8 Å². The first kappa shape index (κ1) is 17.2. The van der Waals surface area contributed by atoms with Crippen molar-refractivity contribution in [3.63, 3.8) is 0 Å². The maximum absolute atomic E-state index is 12.5. The molecule has 0 amide bonds. The third-order valence-corrected chi connectivity index (χ3v) is 4.97. The molecule has 1 fully saturated rings. The molecular formula is C22H17N5O2. The molecule has 1 aliphatic carbocycles. The first-order valence-corrected chi connectivity index (χ1v) is 9.43. The lowest BCUT2D eigenvalue weighted by atomic mass is 10.0. The van der Waals surface area contributed by atoms with Gasteiger partial charge in [0.25, 0.3) is 5.56 Å². The van der Waals surface area contributed by atoms with E-state index in [1.54, 1.807) is 0 Å². The van der Waals surface area contributed by atoms with Crippen molar-refractivity contribution < 1.29 is 4.74 Å². The van der Waals surface area contributed by atoms with Gasteiger partial charge < -0.3 is 9.72 Å². The summed E-state index contributed by atoms with van der Waals surface area (Å²) in [7, 11) is 0. The quantitative estimate of drug-likeness (QED) is 0.570. The van der Waals surface area contributed by atoms with Gasteiger partial charge in [0, 0.05) is 17.2 Å². The number of fused-ring (bicyclic) bond motifs is 1. The van der Waals surface area contributed by atoms with Crippen LogP contribution in [0.4, 0.5) is 0 Å². The molecule has 0 radical (unpaired) electrons. The SMILES string of the molecule is N#Cc1cccc(OCc2cc(=O)n3nc(-c4ccccc4)nc3[nH]2)c1C1CC1. The number of hydrogen-bond donors (Lipinski definition) is 1. The van der Waals surface area contributed by atoms with Crippen LogP contribution in [0.25, 0.3) is 17.2 Å². The minimum Gasteiger partial charge on any atom is -0.487 e. The van der Waals surface area contributed by atoms with Crippen LogP contribution in [-0.2, 0) is 6.61 Å². The maximum atomic E-state index is 12.5. The molecule has 1 N–H and O–H groups in total. The zero-order valence-corrected chi connectivity index (χ0v) is 15.5. The number of hydrogen-bond acceptors (Lipinski definition) is 5. The summed E-state index contributed by atoms with van der Waals surface area (Å²) in [5.74, 6) is 1.92. The van der Waals surface area contributed by atoms with E-state index in [0.29, 0.717) is 34.5 Å². The predicted molar refractivity (Wildman–Crippen MR) is 107 cm³/mol. The van der Waals surface area contributed by atoms with Crippen LogP contribution < -0.4 is 10.3 Å². The molecule has 1 saturated carbocycles. The molecule has 0 spiro atoms. The van der Waals surface area contributed by atoms with E-state index in [1.807, 2.05) is 48.5 Å². The lowest BCUT2D eigenvalue weighted by Gasteiger charge is -2.12. The van der Waals surface area contributed by atoms with Crippen LogP contribution in [0.3, 0.4) is 0 Å². The molecule has 5 rings (SSSR count). The number of ether oxygens (including phenoxy) is 1. The van der Waals surface area contributed by atoms with Gasteiger partial charge in [-0.05, 0) is 30.9 Å². The summed E-state index contributed by atoms with van der Waals surface area (Å²) in [6, 6.07) is 18.7. The van der Waals surface area contributed by atoms with Crippen LogP contribution >= 0.6 is 0 Å². The van der Waals surface area contributed by atoms with Gasteiger partial charge in [0.2, 0.25) is 5.78 Å². The Balaban J connectivity index is 1.45. The average molecular weight is 383 g/mol. The third kappa shape index (κ3) is 3.25. The van der Waals surface area contributed by atoms with Crippen molar-refractivity contribution in [3.8, 4) is 23.2 Å². The zero-order chi connectivity index (χ0) is 19.8. The number of aromatic nitrogens is 4. The molecule has 0 aliphatic heterocycles. The topological polar surface area (TPSA) is 96.1 Å². The monoisotopic (exact) mass is 383 g/mol. The summed E-state index contributed by atoms with van der Waals surface area (Å²) >= 11 is 0. The standard InChI is InChI=1S/C22H17N5O2/c23-12-16-7-4-8-18(20(16)14-9-10-14)29-13-17-11-19(28)27-22(24-17)25-21(26-27)15-5-2-1-3-6-15/h1-8,11,14H,9-10,13H2,(H,24,25,26). The van der Waals surface area contributed by atoms with E-state index in [2.05, 4.69) is 21.1 Å². The molecule has 0 unspecified atom stereocenters. The molecule has 7 heteroatoms. The minimum absolute atomic E-state index is 0.174. The van der Waals surface area contributed by atoms with Gasteiger partial charge in [-0.25, -0.2) is 0 Å². The highest BCUT2D eigenvalue weighted by molar-refractivity contribution is 5.56. The highest BCUT2D eigenvalue weighted by Crippen LogP contribution is 2.46. The lowest BCUT2D eigenvalue weighted by Crippen LogP contribution is -2.16. The van der Waals surface area contributed by atoms with E-state index in [-0.39, 0.29) is 12.2 Å². The third-order valence-electron chi connectivity index (χ3n) is 4.97. The van der Waals surface area contributed by atoms with E-state index in [1.165, 1.54) is 10.6 Å². The van der Waals surface area contributed by atoms with Crippen LogP contribution in [0, 0.1) is 11.3 Å². The fourth-order valence-corrected chi connectivity index (χ4v) is 3.44. The molecule has 4 aromatic rings. The van der Waals surface area contributed by atoms with Gasteiger partial charge in [-0.15, -0.1) is 5.10 Å². The van der Waals surface area contributed by atoms with E-state index < -0.39 is 0 Å². The van der Waals surface area contributed by atoms with Crippen LogP contribution in [0.1, 0.15) is 35.6 Å². The lowest BCUT2D eigenvalue weighted by molar-refractivity contribution is 0.298. The second-order valence-corrected chi connectivity index (χ2v) is 7.06. The fraction of sp³-hybridized carbons (Fsp3) is 0.182. The number of nitrogens with one attached hydrogen (secondary N) is 1. The van der Waals surface area contributed by atoms with Crippen molar-refractivity contribution >= 4 is 5.78 Å². The Labute approximate surface area is 166 Å². The summed E-state index contributed by atoms with van der Waals surface area (Å²) < 4.78 is 7.23. The fourth-order valence-electron chi connectivity index (χ4n) is 3.44. The summed E-state index contributed by atoms with van der Waals surface area (Å²) in [4.78, 5) is 20.0. The van der Waals surface area contributed by atoms with Gasteiger partial charge in [0.05, 0.1) is 17.3 Å². The van der Waals surface area contributed by atoms with Crippen molar-refractivity contribution in [1.82, 2.24) is 19.6 Å². The zero-order valence-electron chi connectivity index (χ0n) is 15.5. The Morgan fingerprint density at radius 1 is 1.17 bits per heavy atom. The van der Waals surface area contributed by atoms with E-state index in [0.717, 1.165) is 24.0 Å². The van der Waals surface area contributed by atoms with Crippen LogP contribution in [0.15, 0.2) is 59.4 Å². The second-order valence-electron chi connectivity index (χ2n) is 7.06. The normalized spacial score (nSPS) is 13.3. The molecule has 0 saturated heterocycles. The first-order chi connectivity index (χ1) is 14.2. The van der Waals surface area contributed by atoms with Crippen molar-refractivity contribution in [1.29, 1.82) is 5.26 Å². The maximum Gasteiger partial charge on any atom is 0.276 e. The Kier molecular flexibility index (Phi) is 4.10. The molecule has 142 valence electrons. The second kappa shape index (κ2) is 6.91. The van der Waals surface area contributed by atoms with Crippen molar-refractivity contribution in [3.05, 3.63) is 81.8 Å². The number of benzene rings is 2. The van der Waals surface area contributed by atoms with Crippen molar-refractivity contribution in [2.24, 2.45) is 0 Å². The molecule has 7 nitrogen and oxygen atoms in total. The summed E-state index contributed by atoms with van der Waals surface area (Å²) in [6.07, 6.45) is 2.14. The molecule has 0 bridgehead atoms. The highest BCUT2D eigenvalue weighted by atomic mass is 16.5. The van der Waals surface area contributed by atoms with Crippen LogP contribution in [0.2, 0.25) is 0 Å². The Morgan fingerprint density at radius 3 is 2.76 bits per heavy atom. The molecule has 2 aromatic carbocycles. The van der Waals surface area contributed by atoms with E-state index >= 15 is 0 Å². The van der Waals surface area contributed by atoms with E-state index in [4.69, 9.17) is 4.74 Å². The minimum atomic E-state index is -0.278. The van der Waals surface area contributed by atoms with E-state index in [9.17, 15) is 10.1 Å².